The molecule has 5 rings (SSSR count). The number of carbonyl (C=O) groups is 2. The Kier molecular flexibility index (Phi) is 5.98. The lowest BCUT2D eigenvalue weighted by atomic mass is 9.86. The van der Waals surface area contributed by atoms with E-state index in [1.165, 1.54) is 13.1 Å². The van der Waals surface area contributed by atoms with Gasteiger partial charge in [-0.05, 0) is 18.2 Å². The minimum Gasteiger partial charge on any atom is -0.365 e. The van der Waals surface area contributed by atoms with Crippen LogP contribution in [-0.4, -0.2) is 59.8 Å². The molecule has 0 bridgehead atoms. The highest BCUT2D eigenvalue weighted by molar-refractivity contribution is 6.06. The Labute approximate surface area is 199 Å². The first kappa shape index (κ1) is 23.0. The summed E-state index contributed by atoms with van der Waals surface area (Å²) in [5.41, 5.74) is 2.05. The van der Waals surface area contributed by atoms with E-state index >= 15 is 4.39 Å². The van der Waals surface area contributed by atoms with Gasteiger partial charge >= 0.3 is 0 Å². The molecule has 1 saturated heterocycles. The molecule has 0 unspecified atom stereocenters. The molecule has 10 heteroatoms. The Morgan fingerprint density at radius 3 is 2.54 bits per heavy atom. The fraction of sp³-hybridized carbons (Fsp3) is 0.280. The molecule has 35 heavy (non-hydrogen) atoms. The van der Waals surface area contributed by atoms with Crippen LogP contribution in [0.5, 0.6) is 0 Å². The normalized spacial score (nSPS) is 15.5. The number of fused-ring (bicyclic) bond motifs is 3. The summed E-state index contributed by atoms with van der Waals surface area (Å²) in [6.07, 6.45) is 0.885. The number of Topliss-reactive ketones (excluding diaryl/α,β-unsaturated/α-hetero) is 1. The fourth-order valence-electron chi connectivity index (χ4n) is 4.61. The first-order valence-corrected chi connectivity index (χ1v) is 11.2. The molecule has 0 radical (unpaired) electrons. The highest BCUT2D eigenvalue weighted by Crippen LogP contribution is 2.35. The number of hydrogen-bond donors (Lipinski definition) is 1. The molecule has 2 aromatic heterocycles. The van der Waals surface area contributed by atoms with Crippen LogP contribution >= 0.6 is 0 Å². The van der Waals surface area contributed by atoms with Crippen molar-refractivity contribution < 1.29 is 22.8 Å². The Morgan fingerprint density at radius 2 is 1.83 bits per heavy atom. The zero-order valence-electron chi connectivity index (χ0n) is 18.9. The summed E-state index contributed by atoms with van der Waals surface area (Å²) in [6, 6.07) is 7.57. The standard InChI is InChI=1S/C25H22F3N5O2/c1-29-25(35)19-4-5-20(24(28)31-19)33-8-6-32(7-9-33)13-14-2-3-16-17(22(14)27)11-21(34)18-10-15(26)12-30-23(16)18/h2-5,10,12H,6-9,11,13H2,1H3,(H,29,35). The van der Waals surface area contributed by atoms with Gasteiger partial charge in [0.05, 0.1) is 17.6 Å². The number of benzene rings is 1. The fourth-order valence-corrected chi connectivity index (χ4v) is 4.61. The largest absolute Gasteiger partial charge is 0.365 e. The van der Waals surface area contributed by atoms with Crippen molar-refractivity contribution in [2.24, 2.45) is 0 Å². The zero-order chi connectivity index (χ0) is 24.7. The van der Waals surface area contributed by atoms with Crippen LogP contribution in [-0.2, 0) is 13.0 Å². The second-order valence-electron chi connectivity index (χ2n) is 8.56. The van der Waals surface area contributed by atoms with Gasteiger partial charge in [-0.25, -0.2) is 13.8 Å². The molecule has 180 valence electrons. The molecule has 0 saturated carbocycles. The van der Waals surface area contributed by atoms with Gasteiger partial charge in [-0.2, -0.15) is 4.39 Å². The second kappa shape index (κ2) is 9.10. The van der Waals surface area contributed by atoms with E-state index in [0.717, 1.165) is 12.3 Å². The van der Waals surface area contributed by atoms with E-state index in [1.54, 1.807) is 18.2 Å². The van der Waals surface area contributed by atoms with Gasteiger partial charge in [0, 0.05) is 68.4 Å². The van der Waals surface area contributed by atoms with Crippen molar-refractivity contribution in [3.63, 3.8) is 0 Å². The van der Waals surface area contributed by atoms with E-state index in [4.69, 9.17) is 0 Å². The van der Waals surface area contributed by atoms with Gasteiger partial charge in [-0.15, -0.1) is 0 Å². The average molecular weight is 481 g/mol. The van der Waals surface area contributed by atoms with Gasteiger partial charge in [-0.3, -0.25) is 19.5 Å². The number of nitrogens with one attached hydrogen (secondary N) is 1. The number of piperazine rings is 1. The summed E-state index contributed by atoms with van der Waals surface area (Å²) in [4.78, 5) is 35.8. The predicted molar refractivity (Wildman–Crippen MR) is 123 cm³/mol. The number of amides is 1. The Bertz CT molecular complexity index is 1340. The quantitative estimate of drug-likeness (QED) is 0.578. The van der Waals surface area contributed by atoms with Crippen LogP contribution in [0.4, 0.5) is 18.9 Å². The number of ketones is 1. The highest BCUT2D eigenvalue weighted by atomic mass is 19.1. The highest BCUT2D eigenvalue weighted by Gasteiger charge is 2.29. The second-order valence-corrected chi connectivity index (χ2v) is 8.56. The molecule has 1 fully saturated rings. The smallest absolute Gasteiger partial charge is 0.269 e. The Morgan fingerprint density at radius 1 is 1.06 bits per heavy atom. The third kappa shape index (κ3) is 4.25. The van der Waals surface area contributed by atoms with Crippen LogP contribution in [0.1, 0.15) is 32.0 Å². The molecule has 1 aliphatic carbocycles. The summed E-state index contributed by atoms with van der Waals surface area (Å²) in [6.45, 7) is 2.48. The molecular formula is C25H22F3N5O2. The molecule has 2 aliphatic rings. The molecule has 3 heterocycles. The van der Waals surface area contributed by atoms with Crippen LogP contribution in [0.15, 0.2) is 36.5 Å². The molecule has 3 aromatic rings. The van der Waals surface area contributed by atoms with Crippen molar-refractivity contribution in [3.8, 4) is 11.3 Å². The van der Waals surface area contributed by atoms with Crippen LogP contribution in [0.3, 0.4) is 0 Å². The van der Waals surface area contributed by atoms with Crippen LogP contribution in [0, 0.1) is 17.6 Å². The lowest BCUT2D eigenvalue weighted by molar-refractivity contribution is 0.0955. The molecular weight excluding hydrogens is 459 g/mol. The van der Waals surface area contributed by atoms with E-state index < -0.39 is 23.5 Å². The van der Waals surface area contributed by atoms with E-state index in [1.807, 2.05) is 4.90 Å². The first-order valence-electron chi connectivity index (χ1n) is 11.2. The van der Waals surface area contributed by atoms with Crippen molar-refractivity contribution in [3.05, 3.63) is 76.5 Å². The minimum absolute atomic E-state index is 0.0108. The van der Waals surface area contributed by atoms with E-state index in [-0.39, 0.29) is 29.0 Å². The monoisotopic (exact) mass is 481 g/mol. The van der Waals surface area contributed by atoms with Crippen LogP contribution < -0.4 is 10.2 Å². The number of aromatic nitrogens is 2. The number of halogens is 3. The van der Waals surface area contributed by atoms with E-state index in [2.05, 4.69) is 20.2 Å². The lowest BCUT2D eigenvalue weighted by Gasteiger charge is -2.36. The van der Waals surface area contributed by atoms with Gasteiger partial charge in [0.25, 0.3) is 5.91 Å². The minimum atomic E-state index is -0.710. The van der Waals surface area contributed by atoms with Gasteiger partial charge in [-0.1, -0.05) is 12.1 Å². The molecule has 1 aromatic carbocycles. The molecule has 1 N–H and O–H groups in total. The topological polar surface area (TPSA) is 78.4 Å². The van der Waals surface area contributed by atoms with E-state index in [9.17, 15) is 18.4 Å². The van der Waals surface area contributed by atoms with Crippen molar-refractivity contribution in [1.82, 2.24) is 20.2 Å². The van der Waals surface area contributed by atoms with Crippen molar-refractivity contribution in [2.45, 2.75) is 13.0 Å². The maximum atomic E-state index is 15.4. The number of pyridine rings is 2. The van der Waals surface area contributed by atoms with Crippen LogP contribution in [0.2, 0.25) is 0 Å². The maximum absolute atomic E-state index is 15.4. The third-order valence-corrected chi connectivity index (χ3v) is 6.47. The lowest BCUT2D eigenvalue weighted by Crippen LogP contribution is -2.46. The number of anilines is 1. The summed E-state index contributed by atoms with van der Waals surface area (Å²) >= 11 is 0. The molecule has 7 nitrogen and oxygen atoms in total. The molecule has 0 spiro atoms. The van der Waals surface area contributed by atoms with Gasteiger partial charge in [0.2, 0.25) is 5.95 Å². The first-order chi connectivity index (χ1) is 16.9. The maximum Gasteiger partial charge on any atom is 0.269 e. The Balaban J connectivity index is 1.29. The summed E-state index contributed by atoms with van der Waals surface area (Å²) in [5.74, 6) is -2.58. The summed E-state index contributed by atoms with van der Waals surface area (Å²) in [7, 11) is 1.45. The van der Waals surface area contributed by atoms with Crippen LogP contribution in [0.25, 0.3) is 11.3 Å². The summed E-state index contributed by atoms with van der Waals surface area (Å²) < 4.78 is 43.4. The van der Waals surface area contributed by atoms with Crippen molar-refractivity contribution >= 4 is 17.4 Å². The molecule has 1 aliphatic heterocycles. The number of carbonyl (C=O) groups excluding carboxylic acids is 2. The number of rotatable bonds is 4. The average Bonchev–Trinajstić information content (AvgIpc) is 2.86. The SMILES string of the molecule is CNC(=O)c1ccc(N2CCN(Cc3ccc4c(c3F)CC(=O)c3cc(F)cnc3-4)CC2)c(F)n1. The Hall–Kier alpha value is -3.79. The number of hydrogen-bond acceptors (Lipinski definition) is 6. The molecule has 1 amide bonds. The van der Waals surface area contributed by atoms with Gasteiger partial charge in [0.15, 0.2) is 5.78 Å². The van der Waals surface area contributed by atoms with Crippen molar-refractivity contribution in [2.75, 3.05) is 38.1 Å². The summed E-state index contributed by atoms with van der Waals surface area (Å²) in [5, 5.41) is 2.41. The van der Waals surface area contributed by atoms with Gasteiger partial charge in [0.1, 0.15) is 17.3 Å². The number of nitrogens with zero attached hydrogens (tertiary/aromatic N) is 4. The predicted octanol–water partition coefficient (Wildman–Crippen LogP) is 2.98. The van der Waals surface area contributed by atoms with E-state index in [0.29, 0.717) is 55.2 Å². The van der Waals surface area contributed by atoms with Gasteiger partial charge < -0.3 is 10.2 Å². The third-order valence-electron chi connectivity index (χ3n) is 6.47. The van der Waals surface area contributed by atoms with Crippen molar-refractivity contribution in [1.29, 1.82) is 0 Å². The zero-order valence-corrected chi connectivity index (χ0v) is 18.9. The molecule has 0 atom stereocenters.